The van der Waals surface area contributed by atoms with Crippen molar-refractivity contribution in [3.8, 4) is 11.6 Å². The minimum atomic E-state index is -0.253. The first-order valence-corrected chi connectivity index (χ1v) is 9.40. The van der Waals surface area contributed by atoms with Crippen molar-refractivity contribution in [1.82, 2.24) is 14.8 Å². The fourth-order valence-corrected chi connectivity index (χ4v) is 2.64. The van der Waals surface area contributed by atoms with E-state index in [1.165, 1.54) is 5.56 Å². The molecule has 3 rings (SSSR count). The number of anilines is 1. The Hall–Kier alpha value is -3.15. The van der Waals surface area contributed by atoms with Crippen LogP contribution in [0.15, 0.2) is 54.7 Å². The number of rotatable bonds is 6. The smallest absolute Gasteiger partial charge is 0.263 e. The largest absolute Gasteiger partial charge is 0.484 e. The van der Waals surface area contributed by atoms with Crippen molar-refractivity contribution in [2.24, 2.45) is 0 Å². The molecule has 0 radical (unpaired) electrons. The predicted octanol–water partition coefficient (Wildman–Crippen LogP) is 4.14. The van der Waals surface area contributed by atoms with Gasteiger partial charge in [-0.15, -0.1) is 0 Å². The minimum Gasteiger partial charge on any atom is -0.484 e. The molecule has 0 saturated carbocycles. The first-order chi connectivity index (χ1) is 13.4. The number of hydrogen-bond acceptors (Lipinski definition) is 4. The summed E-state index contributed by atoms with van der Waals surface area (Å²) >= 11 is 0. The molecular weight excluding hydrogens is 352 g/mol. The molecule has 6 nitrogen and oxygen atoms in total. The number of carbonyl (C=O) groups is 1. The van der Waals surface area contributed by atoms with Gasteiger partial charge in [-0.05, 0) is 36.2 Å². The summed E-state index contributed by atoms with van der Waals surface area (Å²) in [6.45, 7) is 8.25. The van der Waals surface area contributed by atoms with Crippen LogP contribution in [0.4, 0.5) is 5.82 Å². The van der Waals surface area contributed by atoms with Gasteiger partial charge in [0.05, 0.1) is 5.69 Å². The Morgan fingerprint density at radius 1 is 1.14 bits per heavy atom. The first kappa shape index (κ1) is 19.6. The molecule has 0 unspecified atom stereocenters. The topological polar surface area (TPSA) is 69.0 Å². The predicted molar refractivity (Wildman–Crippen MR) is 110 cm³/mol. The molecule has 146 valence electrons. The van der Waals surface area contributed by atoms with Crippen LogP contribution in [0.2, 0.25) is 0 Å². The van der Waals surface area contributed by atoms with E-state index in [2.05, 4.69) is 43.1 Å². The van der Waals surface area contributed by atoms with Gasteiger partial charge in [0.15, 0.2) is 12.4 Å². The number of hydrogen-bond donors (Lipinski definition) is 1. The summed E-state index contributed by atoms with van der Waals surface area (Å²) in [6, 6.07) is 15.2. The summed E-state index contributed by atoms with van der Waals surface area (Å²) in [5.41, 5.74) is 1.94. The van der Waals surface area contributed by atoms with Gasteiger partial charge in [-0.3, -0.25) is 4.79 Å². The number of nitrogens with one attached hydrogen (secondary N) is 1. The van der Waals surface area contributed by atoms with Gasteiger partial charge >= 0.3 is 0 Å². The van der Waals surface area contributed by atoms with E-state index in [1.54, 1.807) is 10.9 Å². The summed E-state index contributed by atoms with van der Waals surface area (Å²) in [7, 11) is 0. The van der Waals surface area contributed by atoms with Gasteiger partial charge in [0.1, 0.15) is 11.6 Å². The maximum Gasteiger partial charge on any atom is 0.263 e. The molecule has 2 aromatic heterocycles. The highest BCUT2D eigenvalue weighted by molar-refractivity contribution is 5.91. The normalized spacial score (nSPS) is 11.3. The molecule has 28 heavy (non-hydrogen) atoms. The summed E-state index contributed by atoms with van der Waals surface area (Å²) in [5, 5.41) is 7.53. The molecule has 6 heteroatoms. The van der Waals surface area contributed by atoms with Crippen molar-refractivity contribution in [3.05, 3.63) is 66.0 Å². The third kappa shape index (κ3) is 4.76. The highest BCUT2D eigenvalue weighted by Gasteiger charge is 2.22. The number of carbonyl (C=O) groups excluding carboxylic acids is 1. The monoisotopic (exact) mass is 378 g/mol. The van der Waals surface area contributed by atoms with E-state index >= 15 is 0 Å². The lowest BCUT2D eigenvalue weighted by Crippen LogP contribution is -2.22. The molecule has 0 aliphatic heterocycles. The summed E-state index contributed by atoms with van der Waals surface area (Å²) in [5.74, 6) is 1.63. The zero-order chi connectivity index (χ0) is 20.1. The van der Waals surface area contributed by atoms with Gasteiger partial charge in [-0.2, -0.15) is 9.78 Å². The number of aromatic nitrogens is 3. The molecule has 3 aromatic rings. The Morgan fingerprint density at radius 2 is 1.89 bits per heavy atom. The van der Waals surface area contributed by atoms with E-state index in [9.17, 15) is 4.79 Å². The van der Waals surface area contributed by atoms with Crippen LogP contribution >= 0.6 is 0 Å². The molecule has 1 N–H and O–H groups in total. The molecule has 0 bridgehead atoms. The third-order valence-corrected chi connectivity index (χ3v) is 4.31. The molecule has 0 aliphatic carbocycles. The second-order valence-electron chi connectivity index (χ2n) is 7.60. The van der Waals surface area contributed by atoms with Crippen molar-refractivity contribution >= 4 is 11.7 Å². The Bertz CT molecular complexity index is 925. The van der Waals surface area contributed by atoms with E-state index < -0.39 is 0 Å². The summed E-state index contributed by atoms with van der Waals surface area (Å²) in [6.07, 6.45) is 2.66. The highest BCUT2D eigenvalue weighted by Crippen LogP contribution is 2.25. The van der Waals surface area contributed by atoms with Crippen molar-refractivity contribution in [3.63, 3.8) is 0 Å². The Labute approximate surface area is 165 Å². The van der Waals surface area contributed by atoms with Crippen LogP contribution < -0.4 is 10.1 Å². The SMILES string of the molecule is CCc1ccc(OCC(=O)Nc2cc(C(C)(C)C)nn2-c2ccccn2)cc1. The molecular formula is C22H26N4O2. The second kappa shape index (κ2) is 8.25. The van der Waals surface area contributed by atoms with E-state index in [4.69, 9.17) is 4.74 Å². The molecule has 1 aromatic carbocycles. The average molecular weight is 378 g/mol. The molecule has 0 aliphatic rings. The van der Waals surface area contributed by atoms with E-state index in [1.807, 2.05) is 48.5 Å². The van der Waals surface area contributed by atoms with Crippen LogP contribution in [0, 0.1) is 0 Å². The molecule has 0 atom stereocenters. The summed E-state index contributed by atoms with van der Waals surface area (Å²) in [4.78, 5) is 16.8. The maximum atomic E-state index is 12.5. The van der Waals surface area contributed by atoms with Gasteiger partial charge < -0.3 is 10.1 Å². The van der Waals surface area contributed by atoms with Crippen molar-refractivity contribution in [2.75, 3.05) is 11.9 Å². The highest BCUT2D eigenvalue weighted by atomic mass is 16.5. The van der Waals surface area contributed by atoms with Gasteiger partial charge in [0.2, 0.25) is 0 Å². The lowest BCUT2D eigenvalue weighted by molar-refractivity contribution is -0.118. The van der Waals surface area contributed by atoms with Crippen LogP contribution in [0.3, 0.4) is 0 Å². The Morgan fingerprint density at radius 3 is 2.50 bits per heavy atom. The second-order valence-corrected chi connectivity index (χ2v) is 7.60. The van der Waals surface area contributed by atoms with Crippen LogP contribution in [-0.2, 0) is 16.6 Å². The average Bonchev–Trinajstić information content (AvgIpc) is 3.11. The zero-order valence-electron chi connectivity index (χ0n) is 16.8. The number of ether oxygens (including phenoxy) is 1. The molecule has 0 spiro atoms. The molecule has 2 heterocycles. The fraction of sp³-hybridized carbons (Fsp3) is 0.318. The summed E-state index contributed by atoms with van der Waals surface area (Å²) < 4.78 is 7.25. The number of pyridine rings is 1. The Kier molecular flexibility index (Phi) is 5.78. The van der Waals surface area contributed by atoms with Crippen LogP contribution in [-0.4, -0.2) is 27.3 Å². The maximum absolute atomic E-state index is 12.5. The van der Waals surface area contributed by atoms with E-state index in [-0.39, 0.29) is 17.9 Å². The van der Waals surface area contributed by atoms with Crippen molar-refractivity contribution in [2.45, 2.75) is 39.5 Å². The minimum absolute atomic E-state index is 0.0796. The van der Waals surface area contributed by atoms with Crippen molar-refractivity contribution in [1.29, 1.82) is 0 Å². The zero-order valence-corrected chi connectivity index (χ0v) is 16.8. The van der Waals surface area contributed by atoms with Gasteiger partial charge in [-0.1, -0.05) is 45.9 Å². The number of benzene rings is 1. The first-order valence-electron chi connectivity index (χ1n) is 9.40. The number of aryl methyl sites for hydroxylation is 1. The van der Waals surface area contributed by atoms with Crippen LogP contribution in [0.25, 0.3) is 5.82 Å². The number of nitrogens with zero attached hydrogens (tertiary/aromatic N) is 3. The molecule has 1 amide bonds. The Balaban J connectivity index is 1.74. The number of amides is 1. The van der Waals surface area contributed by atoms with E-state index in [0.717, 1.165) is 12.1 Å². The van der Waals surface area contributed by atoms with Gasteiger partial charge in [0.25, 0.3) is 5.91 Å². The lowest BCUT2D eigenvalue weighted by Gasteiger charge is -2.13. The van der Waals surface area contributed by atoms with Crippen LogP contribution in [0.5, 0.6) is 5.75 Å². The lowest BCUT2D eigenvalue weighted by atomic mass is 9.92. The van der Waals surface area contributed by atoms with Crippen LogP contribution in [0.1, 0.15) is 39.0 Å². The van der Waals surface area contributed by atoms with E-state index in [0.29, 0.717) is 17.4 Å². The van der Waals surface area contributed by atoms with Gasteiger partial charge in [-0.25, -0.2) is 4.98 Å². The molecule has 0 fully saturated rings. The quantitative estimate of drug-likeness (QED) is 0.700. The molecule has 0 saturated heterocycles. The van der Waals surface area contributed by atoms with Gasteiger partial charge in [0, 0.05) is 17.7 Å². The third-order valence-electron chi connectivity index (χ3n) is 4.31. The standard InChI is InChI=1S/C22H26N4O2/c1-5-16-9-11-17(12-10-16)28-15-21(27)24-20-14-18(22(2,3)4)25-26(20)19-8-6-7-13-23-19/h6-14H,5,15H2,1-4H3,(H,24,27). The fourth-order valence-electron chi connectivity index (χ4n) is 2.64. The van der Waals surface area contributed by atoms with Crippen molar-refractivity contribution < 1.29 is 9.53 Å².